The number of hydrogen-bond acceptors (Lipinski definition) is 3. The second-order valence-corrected chi connectivity index (χ2v) is 8.29. The first kappa shape index (κ1) is 21.1. The lowest BCUT2D eigenvalue weighted by atomic mass is 9.88. The number of likely N-dealkylation sites (tertiary alicyclic amines) is 1. The van der Waals surface area contributed by atoms with Gasteiger partial charge in [0, 0.05) is 46.5 Å². The normalized spacial score (nSPS) is 14.5. The molecule has 4 rings (SSSR count). The van der Waals surface area contributed by atoms with E-state index in [2.05, 4.69) is 4.98 Å². The molecule has 1 saturated heterocycles. The van der Waals surface area contributed by atoms with Crippen LogP contribution in [0.25, 0.3) is 11.3 Å². The molecule has 1 aromatic heterocycles. The summed E-state index contributed by atoms with van der Waals surface area (Å²) in [6.45, 7) is 2.57. The van der Waals surface area contributed by atoms with Crippen LogP contribution in [0.1, 0.15) is 39.3 Å². The molecule has 0 saturated carbocycles. The summed E-state index contributed by atoms with van der Waals surface area (Å²) in [5, 5.41) is 0.529. The van der Waals surface area contributed by atoms with Gasteiger partial charge in [0.2, 0.25) is 0 Å². The standard InChI is InChI=1S/C25H23ClN2O3/c1-16-21(15-22(27-16)17-6-3-2-4-7-17)24(30)25(31)28-12-10-18(11-13-28)23(29)19-8-5-9-20(26)14-19/h2-9,14-15,18,27H,10-13H2,1H3. The fourth-order valence-electron chi connectivity index (χ4n) is 4.05. The fourth-order valence-corrected chi connectivity index (χ4v) is 4.24. The number of carbonyl (C=O) groups is 3. The lowest BCUT2D eigenvalue weighted by molar-refractivity contribution is -0.127. The Morgan fingerprint density at radius 3 is 2.35 bits per heavy atom. The number of nitrogens with zero attached hydrogens (tertiary/aromatic N) is 1. The maximum atomic E-state index is 12.9. The molecule has 31 heavy (non-hydrogen) atoms. The summed E-state index contributed by atoms with van der Waals surface area (Å²) in [5.74, 6) is -1.17. The zero-order chi connectivity index (χ0) is 22.0. The third-order valence-electron chi connectivity index (χ3n) is 5.80. The highest BCUT2D eigenvalue weighted by Gasteiger charge is 2.32. The van der Waals surface area contributed by atoms with Crippen LogP contribution in [-0.4, -0.2) is 40.4 Å². The number of nitrogens with one attached hydrogen (secondary N) is 1. The molecular formula is C25H23ClN2O3. The Kier molecular flexibility index (Phi) is 6.05. The maximum absolute atomic E-state index is 12.9. The molecule has 0 atom stereocenters. The van der Waals surface area contributed by atoms with Crippen molar-refractivity contribution in [3.8, 4) is 11.3 Å². The van der Waals surface area contributed by atoms with Crippen molar-refractivity contribution in [1.82, 2.24) is 9.88 Å². The van der Waals surface area contributed by atoms with Crippen molar-refractivity contribution >= 4 is 29.1 Å². The number of aromatic nitrogens is 1. The summed E-state index contributed by atoms with van der Waals surface area (Å²) in [5.41, 5.74) is 3.41. The lowest BCUT2D eigenvalue weighted by Crippen LogP contribution is -2.43. The van der Waals surface area contributed by atoms with E-state index in [0.29, 0.717) is 47.8 Å². The molecule has 2 heterocycles. The number of hydrogen-bond donors (Lipinski definition) is 1. The zero-order valence-corrected chi connectivity index (χ0v) is 18.0. The molecule has 6 heteroatoms. The summed E-state index contributed by atoms with van der Waals surface area (Å²) in [6.07, 6.45) is 1.07. The summed E-state index contributed by atoms with van der Waals surface area (Å²) in [4.78, 5) is 43.2. The van der Waals surface area contributed by atoms with Gasteiger partial charge in [-0.05, 0) is 43.5 Å². The second-order valence-electron chi connectivity index (χ2n) is 7.86. The molecule has 158 valence electrons. The minimum absolute atomic E-state index is 0.0370. The van der Waals surface area contributed by atoms with E-state index in [-0.39, 0.29) is 11.7 Å². The Morgan fingerprint density at radius 2 is 1.68 bits per heavy atom. The summed E-state index contributed by atoms with van der Waals surface area (Å²) < 4.78 is 0. The van der Waals surface area contributed by atoms with E-state index in [1.54, 1.807) is 42.2 Å². The van der Waals surface area contributed by atoms with Gasteiger partial charge in [-0.15, -0.1) is 0 Å². The average Bonchev–Trinajstić information content (AvgIpc) is 3.20. The smallest absolute Gasteiger partial charge is 0.295 e. The first-order valence-electron chi connectivity index (χ1n) is 10.3. The fraction of sp³-hybridized carbons (Fsp3) is 0.240. The summed E-state index contributed by atoms with van der Waals surface area (Å²) >= 11 is 5.99. The molecule has 1 aliphatic rings. The van der Waals surface area contributed by atoms with Crippen LogP contribution in [0.2, 0.25) is 5.02 Å². The van der Waals surface area contributed by atoms with Crippen LogP contribution in [0.3, 0.4) is 0 Å². The van der Waals surface area contributed by atoms with Crippen molar-refractivity contribution in [3.05, 3.63) is 82.5 Å². The SMILES string of the molecule is Cc1[nH]c(-c2ccccc2)cc1C(=O)C(=O)N1CCC(C(=O)c2cccc(Cl)c2)CC1. The molecule has 0 bridgehead atoms. The Balaban J connectivity index is 1.41. The summed E-state index contributed by atoms with van der Waals surface area (Å²) in [7, 11) is 0. The Bertz CT molecular complexity index is 1130. The molecule has 1 aliphatic heterocycles. The molecular weight excluding hydrogens is 412 g/mol. The van der Waals surface area contributed by atoms with Gasteiger partial charge >= 0.3 is 0 Å². The van der Waals surface area contributed by atoms with Crippen molar-refractivity contribution in [1.29, 1.82) is 0 Å². The van der Waals surface area contributed by atoms with E-state index in [0.717, 1.165) is 11.3 Å². The van der Waals surface area contributed by atoms with Crippen LogP contribution in [0.4, 0.5) is 0 Å². The lowest BCUT2D eigenvalue weighted by Gasteiger charge is -2.30. The van der Waals surface area contributed by atoms with Crippen LogP contribution in [0.15, 0.2) is 60.7 Å². The zero-order valence-electron chi connectivity index (χ0n) is 17.2. The molecule has 0 radical (unpaired) electrons. The molecule has 0 unspecified atom stereocenters. The van der Waals surface area contributed by atoms with Gasteiger partial charge in [-0.1, -0.05) is 54.1 Å². The Labute approximate surface area is 186 Å². The van der Waals surface area contributed by atoms with Gasteiger partial charge in [0.25, 0.3) is 11.7 Å². The monoisotopic (exact) mass is 434 g/mol. The van der Waals surface area contributed by atoms with Gasteiger partial charge in [-0.25, -0.2) is 0 Å². The van der Waals surface area contributed by atoms with Crippen LogP contribution >= 0.6 is 11.6 Å². The summed E-state index contributed by atoms with van der Waals surface area (Å²) in [6, 6.07) is 18.3. The van der Waals surface area contributed by atoms with Gasteiger partial charge in [-0.3, -0.25) is 14.4 Å². The minimum Gasteiger partial charge on any atom is -0.358 e. The van der Waals surface area contributed by atoms with E-state index in [4.69, 9.17) is 11.6 Å². The molecule has 0 spiro atoms. The van der Waals surface area contributed by atoms with Crippen molar-refractivity contribution in [2.45, 2.75) is 19.8 Å². The first-order chi connectivity index (χ1) is 14.9. The number of carbonyl (C=O) groups excluding carboxylic acids is 3. The number of aryl methyl sites for hydroxylation is 1. The first-order valence-corrected chi connectivity index (χ1v) is 10.7. The minimum atomic E-state index is -0.518. The van der Waals surface area contributed by atoms with Crippen molar-refractivity contribution in [2.24, 2.45) is 5.92 Å². The number of aromatic amines is 1. The second kappa shape index (κ2) is 8.90. The van der Waals surface area contributed by atoms with E-state index < -0.39 is 11.7 Å². The van der Waals surface area contributed by atoms with Gasteiger partial charge < -0.3 is 9.88 Å². The number of amides is 1. The highest BCUT2D eigenvalue weighted by molar-refractivity contribution is 6.43. The third kappa shape index (κ3) is 4.47. The Morgan fingerprint density at radius 1 is 0.968 bits per heavy atom. The third-order valence-corrected chi connectivity index (χ3v) is 6.04. The number of H-pyrrole nitrogens is 1. The number of ketones is 2. The van der Waals surface area contributed by atoms with Crippen LogP contribution in [-0.2, 0) is 4.79 Å². The van der Waals surface area contributed by atoms with Crippen LogP contribution in [0, 0.1) is 12.8 Å². The Hall–Kier alpha value is -3.18. The number of benzene rings is 2. The number of piperidine rings is 1. The predicted octanol–water partition coefficient (Wildman–Crippen LogP) is 4.95. The molecule has 2 aromatic carbocycles. The molecule has 1 amide bonds. The van der Waals surface area contributed by atoms with E-state index >= 15 is 0 Å². The predicted molar refractivity (Wildman–Crippen MR) is 120 cm³/mol. The molecule has 5 nitrogen and oxygen atoms in total. The van der Waals surface area contributed by atoms with Crippen molar-refractivity contribution in [3.63, 3.8) is 0 Å². The van der Waals surface area contributed by atoms with Gasteiger partial charge in [0.05, 0.1) is 0 Å². The number of rotatable bonds is 5. The topological polar surface area (TPSA) is 70.2 Å². The number of halogens is 1. The van der Waals surface area contributed by atoms with Gasteiger partial charge in [0.1, 0.15) is 0 Å². The number of Topliss-reactive ketones (excluding diaryl/α,β-unsaturated/α-hetero) is 2. The van der Waals surface area contributed by atoms with E-state index in [1.165, 1.54) is 0 Å². The molecule has 3 aromatic rings. The van der Waals surface area contributed by atoms with Crippen LogP contribution in [0.5, 0.6) is 0 Å². The molecule has 1 N–H and O–H groups in total. The average molecular weight is 435 g/mol. The quantitative estimate of drug-likeness (QED) is 0.456. The largest absolute Gasteiger partial charge is 0.358 e. The van der Waals surface area contributed by atoms with Gasteiger partial charge in [-0.2, -0.15) is 0 Å². The van der Waals surface area contributed by atoms with Crippen molar-refractivity contribution < 1.29 is 14.4 Å². The van der Waals surface area contributed by atoms with Crippen molar-refractivity contribution in [2.75, 3.05) is 13.1 Å². The molecule has 1 fully saturated rings. The molecule has 0 aliphatic carbocycles. The highest BCUT2D eigenvalue weighted by atomic mass is 35.5. The van der Waals surface area contributed by atoms with E-state index in [9.17, 15) is 14.4 Å². The van der Waals surface area contributed by atoms with Gasteiger partial charge in [0.15, 0.2) is 5.78 Å². The maximum Gasteiger partial charge on any atom is 0.295 e. The van der Waals surface area contributed by atoms with Crippen LogP contribution < -0.4 is 0 Å². The highest BCUT2D eigenvalue weighted by Crippen LogP contribution is 2.25. The van der Waals surface area contributed by atoms with E-state index in [1.807, 2.05) is 30.3 Å².